The Morgan fingerprint density at radius 2 is 2.40 bits per heavy atom. The highest BCUT2D eigenvalue weighted by Crippen LogP contribution is 2.21. The predicted octanol–water partition coefficient (Wildman–Crippen LogP) is 1.32. The molecule has 5 nitrogen and oxygen atoms in total. The molecule has 2 N–H and O–H groups in total. The number of fused-ring (bicyclic) bond motifs is 1. The van der Waals surface area contributed by atoms with Crippen LogP contribution in [0.5, 0.6) is 0 Å². The fourth-order valence-electron chi connectivity index (χ4n) is 1.48. The molecule has 0 spiro atoms. The number of nitrogens with one attached hydrogen (secondary N) is 2. The van der Waals surface area contributed by atoms with Crippen molar-refractivity contribution in [3.05, 3.63) is 35.4 Å². The number of H-pyrrole nitrogens is 1. The van der Waals surface area contributed by atoms with E-state index in [-0.39, 0.29) is 14.6 Å². The highest BCUT2D eigenvalue weighted by Gasteiger charge is 2.11. The van der Waals surface area contributed by atoms with E-state index in [1.165, 1.54) is 0 Å². The largest absolute Gasteiger partial charge is 0.361 e. The first-order chi connectivity index (χ1) is 15.1. The average molecular weight is 309 g/mol. The Morgan fingerprint density at radius 1 is 1.60 bits per heavy atom. The molecule has 1 aromatic carbocycles. The molecule has 1 aromatic heterocycles. The number of likely N-dealkylation sites (N-methyl/N-ethyl adjacent to an activating group) is 1. The Kier molecular flexibility index (Phi) is 1.52. The van der Waals surface area contributed by atoms with Gasteiger partial charge in [0.05, 0.1) is 11.2 Å². The SMILES string of the molecule is [2H]c1c(CS(=O)(=O)N([2H])C)c([2H])c2c(C([2H])([2H])CN(C([2H])([2H])[2H])C([2H])([2H])[2H])c([2H])n([2H])c2c1[2H]. The fourth-order valence-corrected chi connectivity index (χ4v) is 2.11. The average Bonchev–Trinajstić information content (AvgIpc) is 2.92. The number of hydrogen-bond donors (Lipinski definition) is 2. The van der Waals surface area contributed by atoms with Gasteiger partial charge in [-0.25, -0.2) is 13.1 Å². The zero-order valence-corrected chi connectivity index (χ0v) is 11.3. The summed E-state index contributed by atoms with van der Waals surface area (Å²) >= 11 is 0. The molecule has 0 aliphatic carbocycles. The zero-order valence-electron chi connectivity index (χ0n) is 24.5. The Balaban J connectivity index is 2.90. The quantitative estimate of drug-likeness (QED) is 0.846. The zero-order chi connectivity index (χ0) is 26.8. The van der Waals surface area contributed by atoms with Gasteiger partial charge in [-0.2, -0.15) is 0 Å². The maximum absolute atomic E-state index is 12.2. The van der Waals surface area contributed by atoms with Crippen molar-refractivity contribution in [3.8, 4) is 0 Å². The van der Waals surface area contributed by atoms with Gasteiger partial charge < -0.3 is 9.88 Å². The van der Waals surface area contributed by atoms with Gasteiger partial charge in [-0.05, 0) is 50.6 Å². The topological polar surface area (TPSA) is 65.2 Å². The fraction of sp³-hybridized carbons (Fsp3) is 0.429. The molecule has 0 bridgehead atoms. The third-order valence-electron chi connectivity index (χ3n) is 2.39. The van der Waals surface area contributed by atoms with E-state index in [1.54, 1.807) is 0 Å². The summed E-state index contributed by atoms with van der Waals surface area (Å²) in [5, 5.41) is -0.597. The number of aromatic amines is 1. The molecule has 0 fully saturated rings. The number of aromatic nitrogens is 1. The van der Waals surface area contributed by atoms with Crippen molar-refractivity contribution in [2.45, 2.75) is 12.1 Å². The van der Waals surface area contributed by atoms with Crippen LogP contribution in [0.2, 0.25) is 2.82 Å². The summed E-state index contributed by atoms with van der Waals surface area (Å²) in [6, 6.07) is -2.39. The van der Waals surface area contributed by atoms with Crippen LogP contribution in [0.15, 0.2) is 24.3 Å². The van der Waals surface area contributed by atoms with Crippen molar-refractivity contribution in [3.63, 3.8) is 0 Å². The molecule has 6 heteroatoms. The van der Waals surface area contributed by atoms with E-state index in [2.05, 4.69) is 0 Å². The highest BCUT2D eigenvalue weighted by atomic mass is 32.2. The third kappa shape index (κ3) is 3.59. The molecule has 0 atom stereocenters. The predicted molar refractivity (Wildman–Crippen MR) is 82.2 cm³/mol. The van der Waals surface area contributed by atoms with E-state index < -0.39 is 89.0 Å². The first-order valence-corrected chi connectivity index (χ1v) is 7.03. The number of rotatable bonds is 6. The van der Waals surface area contributed by atoms with Gasteiger partial charge in [0.2, 0.25) is 10.0 Å². The number of nitrogens with zero attached hydrogens (tertiary/aromatic N) is 1. The van der Waals surface area contributed by atoms with Crippen LogP contribution >= 0.6 is 0 Å². The van der Waals surface area contributed by atoms with Crippen molar-refractivity contribution in [1.82, 2.24) is 14.6 Å². The molecule has 0 saturated heterocycles. The van der Waals surface area contributed by atoms with Gasteiger partial charge in [-0.15, -0.1) is 0 Å². The van der Waals surface area contributed by atoms with Crippen LogP contribution in [-0.4, -0.2) is 45.8 Å². The van der Waals surface area contributed by atoms with E-state index in [0.717, 1.165) is 7.05 Å². The van der Waals surface area contributed by atoms with Gasteiger partial charge in [-0.1, -0.05) is 6.04 Å². The van der Waals surface area contributed by atoms with Crippen molar-refractivity contribution in [2.24, 2.45) is 0 Å². The molecular formula is C14H21N3O2S. The minimum atomic E-state index is -4.37. The summed E-state index contributed by atoms with van der Waals surface area (Å²) in [5.41, 5.74) is -1.97. The summed E-state index contributed by atoms with van der Waals surface area (Å²) in [5.74, 6) is -1.08. The van der Waals surface area contributed by atoms with Gasteiger partial charge in [0.1, 0.15) is 1.41 Å². The van der Waals surface area contributed by atoms with E-state index in [4.69, 9.17) is 19.3 Å². The van der Waals surface area contributed by atoms with Crippen LogP contribution in [0.25, 0.3) is 10.9 Å². The lowest BCUT2D eigenvalue weighted by Gasteiger charge is -2.08. The molecule has 2 rings (SSSR count). The summed E-state index contributed by atoms with van der Waals surface area (Å²) in [6.45, 7) is -7.88. The molecule has 20 heavy (non-hydrogen) atoms. The van der Waals surface area contributed by atoms with Crippen LogP contribution in [0, 0.1) is 0 Å². The minimum Gasteiger partial charge on any atom is -0.361 e. The molecule has 1 heterocycles. The lowest BCUT2D eigenvalue weighted by Crippen LogP contribution is -2.20. The number of benzene rings is 1. The highest BCUT2D eigenvalue weighted by molar-refractivity contribution is 7.88. The van der Waals surface area contributed by atoms with Crippen molar-refractivity contribution in [1.29, 1.82) is 0 Å². The number of hydrogen-bond acceptors (Lipinski definition) is 3. The van der Waals surface area contributed by atoms with Crippen LogP contribution < -0.4 is 4.72 Å². The summed E-state index contributed by atoms with van der Waals surface area (Å²) in [7, 11) is -3.48. The van der Waals surface area contributed by atoms with E-state index >= 15 is 0 Å². The van der Waals surface area contributed by atoms with Gasteiger partial charge >= 0.3 is 0 Å². The first kappa shape index (κ1) is 5.12. The van der Waals surface area contributed by atoms with Crippen molar-refractivity contribution in [2.75, 3.05) is 27.5 Å². The van der Waals surface area contributed by atoms with Gasteiger partial charge in [0.15, 0.2) is 1.41 Å². The Labute approximate surface area is 139 Å². The van der Waals surface area contributed by atoms with Gasteiger partial charge in [0.25, 0.3) is 0 Å². The molecule has 2 aromatic rings. The van der Waals surface area contributed by atoms with Crippen LogP contribution in [-0.2, 0) is 22.1 Å². The summed E-state index contributed by atoms with van der Waals surface area (Å²) in [6.07, 6.45) is -3.91. The Morgan fingerprint density at radius 3 is 3.10 bits per heavy atom. The van der Waals surface area contributed by atoms with Gasteiger partial charge in [0, 0.05) is 34.6 Å². The van der Waals surface area contributed by atoms with Crippen LogP contribution in [0.1, 0.15) is 27.6 Å². The summed E-state index contributed by atoms with van der Waals surface area (Å²) in [4.78, 5) is 0.141. The van der Waals surface area contributed by atoms with Gasteiger partial charge in [-0.3, -0.25) is 0 Å². The Hall–Kier alpha value is -1.37. The smallest absolute Gasteiger partial charge is 0.215 e. The minimum absolute atomic E-state index is 0.0794. The maximum Gasteiger partial charge on any atom is 0.215 e. The van der Waals surface area contributed by atoms with Crippen molar-refractivity contribution >= 4 is 20.9 Å². The molecule has 0 saturated carbocycles. The second kappa shape index (κ2) is 5.95. The molecule has 0 radical (unpaired) electrons. The summed E-state index contributed by atoms with van der Waals surface area (Å²) < 4.78 is 134. The normalized spacial score (nSPS) is 24.8. The van der Waals surface area contributed by atoms with E-state index in [1.807, 2.05) is 0 Å². The molecule has 0 amide bonds. The lowest BCUT2D eigenvalue weighted by molar-refractivity contribution is 0.414. The Bertz CT molecular complexity index is 1200. The molecule has 0 aliphatic heterocycles. The standard InChI is InChI=1S/C14H21N3O2S/c1-15-20(18,19)10-11-4-5-14-13(8-11)12(9-16-14)6-7-17(2)3/h4-5,8-9,15-16H,6-7,10H2,1-3H3/i2D3,3D3,4D,5D,6D2,8D,9D/hD2. The maximum atomic E-state index is 12.2. The third-order valence-corrected chi connectivity index (χ3v) is 3.60. The van der Waals surface area contributed by atoms with Crippen LogP contribution in [0.3, 0.4) is 0 Å². The van der Waals surface area contributed by atoms with E-state index in [9.17, 15) is 8.42 Å². The number of sulfonamides is 1. The molecule has 0 aliphatic rings. The van der Waals surface area contributed by atoms with Crippen LogP contribution in [0.4, 0.5) is 0 Å². The first-order valence-electron chi connectivity index (χ1n) is 12.3. The second-order valence-corrected chi connectivity index (χ2v) is 5.67. The molecule has 110 valence electrons. The molecule has 0 unspecified atom stereocenters. The van der Waals surface area contributed by atoms with E-state index in [0.29, 0.717) is 0 Å². The van der Waals surface area contributed by atoms with Crippen molar-refractivity contribution < 1.29 is 27.7 Å². The monoisotopic (exact) mass is 309 g/mol. The molecular weight excluding hydrogens is 274 g/mol. The lowest BCUT2D eigenvalue weighted by atomic mass is 10.1. The second-order valence-electron chi connectivity index (χ2n) is 3.85.